The number of benzene rings is 4. The van der Waals surface area contributed by atoms with Gasteiger partial charge in [0, 0.05) is 18.7 Å². The van der Waals surface area contributed by atoms with E-state index in [2.05, 4.69) is 34.2 Å². The van der Waals surface area contributed by atoms with Crippen molar-refractivity contribution in [3.63, 3.8) is 0 Å². The number of ether oxygens (including phenoxy) is 1. The molecule has 0 spiro atoms. The molecule has 2 N–H and O–H groups in total. The molecule has 4 atom stereocenters. The maximum absolute atomic E-state index is 14.1. The first kappa shape index (κ1) is 40.4. The average Bonchev–Trinajstić information content (AvgIpc) is 4.11. The number of H-pyrrole nitrogens is 2. The van der Waals surface area contributed by atoms with Crippen molar-refractivity contribution in [1.82, 2.24) is 39.5 Å². The Morgan fingerprint density at radius 2 is 1.10 bits per heavy atom. The maximum Gasteiger partial charge on any atom is 0.358 e. The topological polar surface area (TPSA) is 131 Å². The van der Waals surface area contributed by atoms with Crippen LogP contribution in [0.3, 0.4) is 0 Å². The molecule has 2 saturated heterocycles. The molecule has 2 aliphatic heterocycles. The Morgan fingerprint density at radius 1 is 0.633 bits per heavy atom. The van der Waals surface area contributed by atoms with Crippen LogP contribution in [0, 0.1) is 0 Å². The first-order valence-corrected chi connectivity index (χ1v) is 20.6. The highest BCUT2D eigenvalue weighted by molar-refractivity contribution is 5.94. The van der Waals surface area contributed by atoms with E-state index in [0.717, 1.165) is 70.6 Å². The van der Waals surface area contributed by atoms with E-state index in [4.69, 9.17) is 14.7 Å². The summed E-state index contributed by atoms with van der Waals surface area (Å²) in [6.45, 7) is 1.30. The van der Waals surface area contributed by atoms with Crippen molar-refractivity contribution in [2.24, 2.45) is 0 Å². The Labute approximate surface area is 351 Å². The summed E-state index contributed by atoms with van der Waals surface area (Å²) in [7, 11) is 9.07. The Balaban J connectivity index is 0.983. The molecule has 0 radical (unpaired) electrons. The molecule has 4 aromatic carbocycles. The number of nitrogens with zero attached hydrogens (tertiary/aromatic N) is 6. The summed E-state index contributed by atoms with van der Waals surface area (Å²) in [6, 6.07) is 34.8. The SMILES string of the molecule is COC(=O)c1nc([C@@H]2CCCN2C(=O)[C@@H](c2ccccc2)N(C)C)[nH]c1-c1ccc(-c2ccc(-c3cnc([C@@H]4CCCN4C(=O)[C@@H](c4ccccc4)N(C)C)[nH]3)cc2)cc1. The van der Waals surface area contributed by atoms with Crippen LogP contribution in [0.4, 0.5) is 0 Å². The second kappa shape index (κ2) is 17.5. The van der Waals surface area contributed by atoms with Crippen LogP contribution in [0.15, 0.2) is 115 Å². The quantitative estimate of drug-likeness (QED) is 0.120. The van der Waals surface area contributed by atoms with E-state index in [1.807, 2.05) is 139 Å². The van der Waals surface area contributed by atoms with Crippen molar-refractivity contribution in [3.8, 4) is 33.6 Å². The molecular formula is C48H52N8O4. The average molecular weight is 805 g/mol. The second-order valence-corrected chi connectivity index (χ2v) is 16.1. The van der Waals surface area contributed by atoms with Crippen LogP contribution < -0.4 is 0 Å². The number of hydrogen-bond donors (Lipinski definition) is 2. The van der Waals surface area contributed by atoms with Gasteiger partial charge in [-0.1, -0.05) is 109 Å². The van der Waals surface area contributed by atoms with Gasteiger partial charge in [0.05, 0.1) is 36.8 Å². The molecule has 2 fully saturated rings. The lowest BCUT2D eigenvalue weighted by Crippen LogP contribution is -2.40. The van der Waals surface area contributed by atoms with Crippen molar-refractivity contribution in [3.05, 3.63) is 144 Å². The predicted octanol–water partition coefficient (Wildman–Crippen LogP) is 7.85. The van der Waals surface area contributed by atoms with Gasteiger partial charge in [0.2, 0.25) is 11.8 Å². The van der Waals surface area contributed by atoms with Crippen molar-refractivity contribution in [2.45, 2.75) is 49.9 Å². The second-order valence-electron chi connectivity index (χ2n) is 16.1. The molecule has 8 rings (SSSR count). The minimum atomic E-state index is -0.544. The number of amides is 2. The van der Waals surface area contributed by atoms with Crippen LogP contribution in [0.1, 0.15) is 83.1 Å². The third kappa shape index (κ3) is 8.00. The van der Waals surface area contributed by atoms with Gasteiger partial charge in [-0.05, 0) is 81.7 Å². The molecular weight excluding hydrogens is 753 g/mol. The van der Waals surface area contributed by atoms with Crippen LogP contribution in [-0.2, 0) is 14.3 Å². The number of carbonyl (C=O) groups excluding carboxylic acids is 3. The number of carbonyl (C=O) groups is 3. The molecule has 2 amide bonds. The number of rotatable bonds is 12. The van der Waals surface area contributed by atoms with Crippen LogP contribution >= 0.6 is 0 Å². The van der Waals surface area contributed by atoms with Gasteiger partial charge in [0.1, 0.15) is 23.7 Å². The third-order valence-electron chi connectivity index (χ3n) is 11.8. The molecule has 0 aliphatic carbocycles. The van der Waals surface area contributed by atoms with E-state index >= 15 is 0 Å². The van der Waals surface area contributed by atoms with E-state index in [1.54, 1.807) is 0 Å². The van der Waals surface area contributed by atoms with E-state index in [-0.39, 0.29) is 35.6 Å². The van der Waals surface area contributed by atoms with Gasteiger partial charge in [0.15, 0.2) is 5.69 Å². The van der Waals surface area contributed by atoms with Crippen LogP contribution in [0.25, 0.3) is 33.6 Å². The van der Waals surface area contributed by atoms with Gasteiger partial charge in [-0.3, -0.25) is 19.4 Å². The Bertz CT molecular complexity index is 2430. The fourth-order valence-electron chi connectivity index (χ4n) is 8.86. The lowest BCUT2D eigenvalue weighted by atomic mass is 10.0. The van der Waals surface area contributed by atoms with Gasteiger partial charge in [-0.25, -0.2) is 14.8 Å². The lowest BCUT2D eigenvalue weighted by Gasteiger charge is -2.31. The zero-order valence-electron chi connectivity index (χ0n) is 34.8. The zero-order chi connectivity index (χ0) is 41.9. The summed E-state index contributed by atoms with van der Waals surface area (Å²) in [5.74, 6) is 0.908. The van der Waals surface area contributed by atoms with Gasteiger partial charge >= 0.3 is 5.97 Å². The smallest absolute Gasteiger partial charge is 0.358 e. The van der Waals surface area contributed by atoms with Crippen molar-refractivity contribution >= 4 is 17.8 Å². The van der Waals surface area contributed by atoms with Crippen molar-refractivity contribution < 1.29 is 19.1 Å². The fourth-order valence-corrected chi connectivity index (χ4v) is 8.86. The number of imidazole rings is 2. The number of hydrogen-bond acceptors (Lipinski definition) is 8. The van der Waals surface area contributed by atoms with E-state index < -0.39 is 12.0 Å². The summed E-state index contributed by atoms with van der Waals surface area (Å²) < 4.78 is 5.16. The summed E-state index contributed by atoms with van der Waals surface area (Å²) >= 11 is 0. The number of esters is 1. The van der Waals surface area contributed by atoms with Gasteiger partial charge in [0.25, 0.3) is 0 Å². The monoisotopic (exact) mass is 804 g/mol. The number of aromatic amines is 2. The van der Waals surface area contributed by atoms with Gasteiger partial charge in [-0.2, -0.15) is 0 Å². The summed E-state index contributed by atoms with van der Waals surface area (Å²) in [5, 5.41) is 0. The predicted molar refractivity (Wildman–Crippen MR) is 231 cm³/mol. The molecule has 308 valence electrons. The summed E-state index contributed by atoms with van der Waals surface area (Å²) in [4.78, 5) is 65.4. The number of aromatic nitrogens is 4. The minimum absolute atomic E-state index is 0.000565. The molecule has 12 nitrogen and oxygen atoms in total. The number of likely N-dealkylation sites (tertiary alicyclic amines) is 2. The molecule has 2 aromatic heterocycles. The van der Waals surface area contributed by atoms with Crippen LogP contribution in [-0.4, -0.2) is 106 Å². The molecule has 6 aromatic rings. The van der Waals surface area contributed by atoms with Gasteiger partial charge in [-0.15, -0.1) is 0 Å². The normalized spacial score (nSPS) is 17.6. The molecule has 4 heterocycles. The fraction of sp³-hybridized carbons (Fsp3) is 0.312. The zero-order valence-corrected chi connectivity index (χ0v) is 34.8. The van der Waals surface area contributed by atoms with Gasteiger partial charge < -0.3 is 24.5 Å². The largest absolute Gasteiger partial charge is 0.464 e. The number of likely N-dealkylation sites (N-methyl/N-ethyl adjacent to an activating group) is 2. The standard InChI is InChI=1S/C48H52N8O4/c1-53(2)42(35-14-8-6-9-15-35)46(57)55-28-12-18-38(55)44-49-30-37(50-44)33-24-20-31(21-25-33)32-22-26-34(27-23-32)40-41(48(59)60-5)52-45(51-40)39-19-13-29-56(39)47(58)43(54(3)4)36-16-10-7-11-17-36/h6-11,14-17,20-27,30,38-39,42-43H,12-13,18-19,28-29H2,1-5H3,(H,49,50)(H,51,52)/t38-,39-,42+,43+/m0/s1. The molecule has 60 heavy (non-hydrogen) atoms. The Kier molecular flexibility index (Phi) is 11.8. The Hall–Kier alpha value is -6.37. The molecule has 2 aliphatic rings. The molecule has 12 heteroatoms. The number of methoxy groups -OCH3 is 1. The third-order valence-corrected chi connectivity index (χ3v) is 11.8. The van der Waals surface area contributed by atoms with E-state index in [9.17, 15) is 14.4 Å². The van der Waals surface area contributed by atoms with E-state index in [0.29, 0.717) is 24.6 Å². The Morgan fingerprint density at radius 3 is 1.58 bits per heavy atom. The molecule has 0 unspecified atom stereocenters. The maximum atomic E-state index is 14.1. The molecule has 0 saturated carbocycles. The van der Waals surface area contributed by atoms with Crippen molar-refractivity contribution in [1.29, 1.82) is 0 Å². The highest BCUT2D eigenvalue weighted by atomic mass is 16.5. The van der Waals surface area contributed by atoms with E-state index in [1.165, 1.54) is 7.11 Å². The van der Waals surface area contributed by atoms with Crippen LogP contribution in [0.5, 0.6) is 0 Å². The van der Waals surface area contributed by atoms with Crippen molar-refractivity contribution in [2.75, 3.05) is 48.4 Å². The highest BCUT2D eigenvalue weighted by Gasteiger charge is 2.39. The first-order valence-electron chi connectivity index (χ1n) is 20.6. The molecule has 0 bridgehead atoms. The lowest BCUT2D eigenvalue weighted by molar-refractivity contribution is -0.138. The summed E-state index contributed by atoms with van der Waals surface area (Å²) in [5.41, 5.74) is 7.36. The number of nitrogens with one attached hydrogen (secondary N) is 2. The highest BCUT2D eigenvalue weighted by Crippen LogP contribution is 2.38. The first-order chi connectivity index (χ1) is 29.1. The van der Waals surface area contributed by atoms with Crippen LogP contribution in [0.2, 0.25) is 0 Å². The summed E-state index contributed by atoms with van der Waals surface area (Å²) in [6.07, 6.45) is 5.19. The minimum Gasteiger partial charge on any atom is -0.464 e.